The average Bonchev–Trinajstić information content (AvgIpc) is 3.52. The summed E-state index contributed by atoms with van der Waals surface area (Å²) in [5.74, 6) is 0.780. The number of anilines is 2. The number of aliphatic hydroxyl groups is 1. The van der Waals surface area contributed by atoms with Crippen molar-refractivity contribution in [3.63, 3.8) is 0 Å². The van der Waals surface area contributed by atoms with Crippen LogP contribution in [0.15, 0.2) is 47.8 Å². The molecule has 5 rings (SSSR count). The molecule has 3 heterocycles. The van der Waals surface area contributed by atoms with Crippen LogP contribution in [0.2, 0.25) is 0 Å². The van der Waals surface area contributed by atoms with Gasteiger partial charge < -0.3 is 15.7 Å². The Balaban J connectivity index is 1.21. The quantitative estimate of drug-likeness (QED) is 0.425. The summed E-state index contributed by atoms with van der Waals surface area (Å²) in [6, 6.07) is 8.84. The number of piperidine rings is 1. The SMILES string of the molecule is Cn1cc(-c2ccc(S(=O)(=O)N3CCC(Nc4ncc(C#N)c(N[C@@H]5CCC[C@H]5O)n4)CC3)cc2)cn1. The van der Waals surface area contributed by atoms with Gasteiger partial charge in [0.25, 0.3) is 0 Å². The third-order valence-electron chi connectivity index (χ3n) is 7.03. The standard InChI is InChI=1S/C25H30N8O3S/c1-32-16-19(15-28-32)17-5-7-21(8-6-17)37(35,36)33-11-9-20(10-12-33)29-25-27-14-18(13-26)24(31-25)30-22-3-2-4-23(22)34/h5-8,14-16,20,22-23,34H,2-4,9-12H2,1H3,(H2,27,29,30,31)/t22-,23-/m1/s1. The second-order valence-corrected chi connectivity index (χ2v) is 11.5. The van der Waals surface area contributed by atoms with Gasteiger partial charge in [-0.15, -0.1) is 0 Å². The van der Waals surface area contributed by atoms with Crippen LogP contribution >= 0.6 is 0 Å². The minimum Gasteiger partial charge on any atom is -0.391 e. The molecule has 2 atom stereocenters. The first-order valence-corrected chi connectivity index (χ1v) is 13.8. The Bertz CT molecular complexity index is 1390. The zero-order valence-corrected chi connectivity index (χ0v) is 21.4. The lowest BCUT2D eigenvalue weighted by Gasteiger charge is -2.31. The molecule has 0 unspecified atom stereocenters. The van der Waals surface area contributed by atoms with Crippen LogP contribution in [0.4, 0.5) is 11.8 Å². The molecule has 11 nitrogen and oxygen atoms in total. The highest BCUT2D eigenvalue weighted by atomic mass is 32.2. The van der Waals surface area contributed by atoms with Gasteiger partial charge in [0.15, 0.2) is 0 Å². The lowest BCUT2D eigenvalue weighted by molar-refractivity contribution is 0.171. The summed E-state index contributed by atoms with van der Waals surface area (Å²) in [7, 11) is -1.76. The Kier molecular flexibility index (Phi) is 7.10. The van der Waals surface area contributed by atoms with Crippen LogP contribution in [0.3, 0.4) is 0 Å². The molecule has 1 aromatic carbocycles. The van der Waals surface area contributed by atoms with Crippen LogP contribution in [0, 0.1) is 11.3 Å². The normalized spacial score (nSPS) is 21.0. The van der Waals surface area contributed by atoms with Crippen molar-refractivity contribution < 1.29 is 13.5 Å². The molecule has 1 aliphatic heterocycles. The van der Waals surface area contributed by atoms with Gasteiger partial charge in [0.05, 0.1) is 29.4 Å². The average molecular weight is 523 g/mol. The first-order valence-electron chi connectivity index (χ1n) is 12.4. The molecule has 0 radical (unpaired) electrons. The van der Waals surface area contributed by atoms with Crippen molar-refractivity contribution in [2.24, 2.45) is 7.05 Å². The fourth-order valence-corrected chi connectivity index (χ4v) is 6.36. The van der Waals surface area contributed by atoms with Crippen molar-refractivity contribution >= 4 is 21.8 Å². The van der Waals surface area contributed by atoms with E-state index < -0.39 is 16.1 Å². The molecular weight excluding hydrogens is 492 g/mol. The molecule has 1 saturated carbocycles. The summed E-state index contributed by atoms with van der Waals surface area (Å²) in [5, 5.41) is 30.2. The summed E-state index contributed by atoms with van der Waals surface area (Å²) < 4.78 is 29.7. The summed E-state index contributed by atoms with van der Waals surface area (Å²) in [6.45, 7) is 0.750. The topological polar surface area (TPSA) is 149 Å². The van der Waals surface area contributed by atoms with Crippen molar-refractivity contribution in [1.29, 1.82) is 5.26 Å². The minimum atomic E-state index is -3.60. The van der Waals surface area contributed by atoms with E-state index in [1.165, 1.54) is 10.5 Å². The Morgan fingerprint density at radius 2 is 1.81 bits per heavy atom. The second-order valence-electron chi connectivity index (χ2n) is 9.57. The van der Waals surface area contributed by atoms with E-state index in [0.29, 0.717) is 43.3 Å². The number of sulfonamides is 1. The summed E-state index contributed by atoms with van der Waals surface area (Å²) >= 11 is 0. The third-order valence-corrected chi connectivity index (χ3v) is 8.94. The molecule has 2 aliphatic rings. The van der Waals surface area contributed by atoms with Gasteiger partial charge in [-0.25, -0.2) is 13.4 Å². The zero-order valence-electron chi connectivity index (χ0n) is 20.6. The zero-order chi connectivity index (χ0) is 26.0. The van der Waals surface area contributed by atoms with Crippen LogP contribution in [0.25, 0.3) is 11.1 Å². The van der Waals surface area contributed by atoms with Crippen molar-refractivity contribution in [3.05, 3.63) is 48.4 Å². The monoisotopic (exact) mass is 522 g/mol. The van der Waals surface area contributed by atoms with E-state index >= 15 is 0 Å². The van der Waals surface area contributed by atoms with E-state index in [1.807, 2.05) is 13.2 Å². The molecular formula is C25H30N8O3S. The molecule has 0 bridgehead atoms. The van der Waals surface area contributed by atoms with Crippen molar-refractivity contribution in [2.45, 2.75) is 55.2 Å². The largest absolute Gasteiger partial charge is 0.391 e. The van der Waals surface area contributed by atoms with Crippen molar-refractivity contribution in [2.75, 3.05) is 23.7 Å². The van der Waals surface area contributed by atoms with Crippen LogP contribution in [-0.4, -0.2) is 68.9 Å². The molecule has 194 valence electrons. The van der Waals surface area contributed by atoms with E-state index in [-0.39, 0.29) is 17.0 Å². The number of nitrogens with one attached hydrogen (secondary N) is 2. The summed E-state index contributed by atoms with van der Waals surface area (Å²) in [4.78, 5) is 9.01. The highest BCUT2D eigenvalue weighted by Crippen LogP contribution is 2.27. The van der Waals surface area contributed by atoms with Crippen LogP contribution < -0.4 is 10.6 Å². The Morgan fingerprint density at radius 3 is 2.43 bits per heavy atom. The molecule has 2 fully saturated rings. The molecule has 3 aromatic rings. The molecule has 37 heavy (non-hydrogen) atoms. The van der Waals surface area contributed by atoms with Crippen LogP contribution in [-0.2, 0) is 17.1 Å². The maximum absolute atomic E-state index is 13.2. The van der Waals surface area contributed by atoms with Gasteiger partial charge in [-0.2, -0.15) is 19.6 Å². The predicted octanol–water partition coefficient (Wildman–Crippen LogP) is 2.34. The van der Waals surface area contributed by atoms with E-state index in [1.54, 1.807) is 35.1 Å². The number of benzene rings is 1. The highest BCUT2D eigenvalue weighted by molar-refractivity contribution is 7.89. The van der Waals surface area contributed by atoms with E-state index in [9.17, 15) is 18.8 Å². The van der Waals surface area contributed by atoms with Gasteiger partial charge >= 0.3 is 0 Å². The fraction of sp³-hybridized carbons (Fsp3) is 0.440. The van der Waals surface area contributed by atoms with E-state index in [0.717, 1.165) is 30.4 Å². The van der Waals surface area contributed by atoms with E-state index in [4.69, 9.17) is 0 Å². The first-order chi connectivity index (χ1) is 17.8. The maximum atomic E-state index is 13.2. The smallest absolute Gasteiger partial charge is 0.243 e. The minimum absolute atomic E-state index is 0.00253. The molecule has 12 heteroatoms. The van der Waals surface area contributed by atoms with Gasteiger partial charge in [-0.05, 0) is 49.8 Å². The van der Waals surface area contributed by atoms with Crippen LogP contribution in [0.1, 0.15) is 37.7 Å². The molecule has 2 aromatic heterocycles. The number of nitrogens with zero attached hydrogens (tertiary/aromatic N) is 6. The Labute approximate surface area is 216 Å². The fourth-order valence-electron chi connectivity index (χ4n) is 4.89. The van der Waals surface area contributed by atoms with Gasteiger partial charge in [-0.3, -0.25) is 4.68 Å². The van der Waals surface area contributed by atoms with Gasteiger partial charge in [0, 0.05) is 37.9 Å². The summed E-state index contributed by atoms with van der Waals surface area (Å²) in [5.41, 5.74) is 2.16. The highest BCUT2D eigenvalue weighted by Gasteiger charge is 2.30. The number of rotatable bonds is 7. The van der Waals surface area contributed by atoms with Crippen molar-refractivity contribution in [1.82, 2.24) is 24.1 Å². The molecule has 1 aliphatic carbocycles. The van der Waals surface area contributed by atoms with Crippen molar-refractivity contribution in [3.8, 4) is 17.2 Å². The predicted molar refractivity (Wildman–Crippen MR) is 138 cm³/mol. The Hall–Kier alpha value is -3.53. The van der Waals surface area contributed by atoms with Gasteiger partial charge in [-0.1, -0.05) is 12.1 Å². The lowest BCUT2D eigenvalue weighted by Crippen LogP contribution is -2.42. The molecule has 0 spiro atoms. The molecule has 1 saturated heterocycles. The first kappa shape index (κ1) is 25.1. The molecule has 3 N–H and O–H groups in total. The number of nitriles is 1. The maximum Gasteiger partial charge on any atom is 0.243 e. The molecule has 0 amide bonds. The number of aliphatic hydroxyl groups excluding tert-OH is 1. The third kappa shape index (κ3) is 5.44. The second kappa shape index (κ2) is 10.5. The van der Waals surface area contributed by atoms with Gasteiger partial charge in [0.2, 0.25) is 16.0 Å². The Morgan fingerprint density at radius 1 is 1.05 bits per heavy atom. The summed E-state index contributed by atoms with van der Waals surface area (Å²) in [6.07, 6.45) is 8.30. The number of aromatic nitrogens is 4. The number of hydrogen-bond acceptors (Lipinski definition) is 9. The van der Waals surface area contributed by atoms with Crippen LogP contribution in [0.5, 0.6) is 0 Å². The van der Waals surface area contributed by atoms with E-state index in [2.05, 4.69) is 31.8 Å². The van der Waals surface area contributed by atoms with Gasteiger partial charge in [0.1, 0.15) is 17.5 Å². The number of hydrogen-bond donors (Lipinski definition) is 3. The number of aryl methyl sites for hydroxylation is 1. The lowest BCUT2D eigenvalue weighted by atomic mass is 10.1.